The van der Waals surface area contributed by atoms with Gasteiger partial charge in [-0.05, 0) is 135 Å². The summed E-state index contributed by atoms with van der Waals surface area (Å²) in [5.41, 5.74) is 39.7. The third kappa shape index (κ3) is 21.0. The summed E-state index contributed by atoms with van der Waals surface area (Å²) < 4.78 is 0. The number of carbonyl (C=O) groups is 7. The Morgan fingerprint density at radius 1 is 0.597 bits per heavy atom. The van der Waals surface area contributed by atoms with E-state index in [-0.39, 0.29) is 63.5 Å². The molecule has 1 aliphatic heterocycles. The largest absolute Gasteiger partial charge is 0.480 e. The first kappa shape index (κ1) is 55.4. The van der Waals surface area contributed by atoms with Crippen molar-refractivity contribution in [2.24, 2.45) is 51.0 Å². The highest BCUT2D eigenvalue weighted by atomic mass is 16.4. The first-order valence-electron chi connectivity index (χ1n) is 22.2. The number of aliphatic imine (C=N–C) groups is 1. The molecule has 0 saturated carbocycles. The maximum atomic E-state index is 14.4. The van der Waals surface area contributed by atoms with Crippen LogP contribution in [0.4, 0.5) is 0 Å². The van der Waals surface area contributed by atoms with Crippen molar-refractivity contribution in [3.63, 3.8) is 0 Å². The number of carboxylic acids is 1. The molecule has 1 rings (SSSR count). The van der Waals surface area contributed by atoms with Gasteiger partial charge in [0.1, 0.15) is 36.3 Å². The van der Waals surface area contributed by atoms with Crippen LogP contribution in [0.15, 0.2) is 4.99 Å². The quantitative estimate of drug-likeness (QED) is 0.0178. The van der Waals surface area contributed by atoms with Crippen molar-refractivity contribution >= 4 is 47.4 Å². The fourth-order valence-corrected chi connectivity index (χ4v) is 6.95. The van der Waals surface area contributed by atoms with E-state index in [4.69, 9.17) is 40.1 Å². The Hall–Kier alpha value is -4.64. The number of carboxylic acid groups (broad SMARTS) is 1. The number of rotatable bonds is 33. The number of amides is 6. The molecule has 0 aromatic carbocycles. The van der Waals surface area contributed by atoms with E-state index in [1.807, 2.05) is 0 Å². The summed E-state index contributed by atoms with van der Waals surface area (Å²) >= 11 is 0. The van der Waals surface area contributed by atoms with E-state index in [1.54, 1.807) is 13.8 Å². The molecule has 0 aromatic heterocycles. The lowest BCUT2D eigenvalue weighted by molar-refractivity contribution is -0.144. The highest BCUT2D eigenvalue weighted by Gasteiger charge is 2.40. The fraction of sp³-hybridized carbons (Fsp3) is 0.800. The Bertz CT molecular complexity index is 1430. The maximum Gasteiger partial charge on any atom is 0.326 e. The van der Waals surface area contributed by atoms with Crippen LogP contribution in [0.2, 0.25) is 0 Å². The van der Waals surface area contributed by atoms with Crippen molar-refractivity contribution in [3.05, 3.63) is 0 Å². The first-order chi connectivity index (χ1) is 29.5. The van der Waals surface area contributed by atoms with Gasteiger partial charge in [0.2, 0.25) is 35.4 Å². The summed E-state index contributed by atoms with van der Waals surface area (Å²) in [4.78, 5) is 99.9. The van der Waals surface area contributed by atoms with E-state index in [9.17, 15) is 38.7 Å². The lowest BCUT2D eigenvalue weighted by Crippen LogP contribution is -2.59. The highest BCUT2D eigenvalue weighted by Crippen LogP contribution is 2.21. The first-order valence-corrected chi connectivity index (χ1v) is 22.2. The maximum absolute atomic E-state index is 14.4. The molecule has 20 N–H and O–H groups in total. The Kier molecular flexibility index (Phi) is 27.9. The lowest BCUT2D eigenvalue weighted by atomic mass is 10.0. The van der Waals surface area contributed by atoms with Crippen molar-refractivity contribution in [2.45, 2.75) is 159 Å². The predicted molar refractivity (Wildman–Crippen MR) is 236 cm³/mol. The number of hydrogen-bond acceptors (Lipinski definition) is 13. The van der Waals surface area contributed by atoms with Crippen molar-refractivity contribution < 1.29 is 38.7 Å². The molecule has 1 heterocycles. The van der Waals surface area contributed by atoms with Crippen LogP contribution < -0.4 is 66.7 Å². The van der Waals surface area contributed by atoms with Crippen molar-refractivity contribution in [1.82, 2.24) is 31.5 Å². The number of unbranched alkanes of at least 4 members (excludes halogenated alkanes) is 4. The van der Waals surface area contributed by atoms with Crippen LogP contribution in [0.3, 0.4) is 0 Å². The van der Waals surface area contributed by atoms with Crippen LogP contribution in [0.1, 0.15) is 117 Å². The van der Waals surface area contributed by atoms with E-state index in [1.165, 1.54) is 4.90 Å². The minimum Gasteiger partial charge on any atom is -0.480 e. The molecule has 0 radical (unpaired) electrons. The average molecular weight is 883 g/mol. The second-order valence-corrected chi connectivity index (χ2v) is 16.2. The normalized spacial score (nSPS) is 16.6. The minimum absolute atomic E-state index is 0.124. The number of nitrogens with one attached hydrogen (secondary N) is 5. The highest BCUT2D eigenvalue weighted by molar-refractivity contribution is 5.97. The summed E-state index contributed by atoms with van der Waals surface area (Å²) in [6.07, 6.45) is 5.97. The number of guanidine groups is 1. The summed E-state index contributed by atoms with van der Waals surface area (Å²) in [7, 11) is 0. The minimum atomic E-state index is -1.21. The second kappa shape index (κ2) is 31.2. The molecule has 1 fully saturated rings. The number of aliphatic carboxylic acids is 1. The molecule has 0 aliphatic carbocycles. The molecule has 1 aliphatic rings. The molecule has 356 valence electrons. The lowest BCUT2D eigenvalue weighted by Gasteiger charge is -2.31. The van der Waals surface area contributed by atoms with Gasteiger partial charge in [0.25, 0.3) is 0 Å². The van der Waals surface area contributed by atoms with Gasteiger partial charge in [-0.2, -0.15) is 0 Å². The zero-order chi connectivity index (χ0) is 46.6. The van der Waals surface area contributed by atoms with Crippen LogP contribution in [0, 0.1) is 5.92 Å². The Morgan fingerprint density at radius 3 is 1.45 bits per heavy atom. The van der Waals surface area contributed by atoms with Gasteiger partial charge in [0, 0.05) is 13.1 Å². The summed E-state index contributed by atoms with van der Waals surface area (Å²) in [5.74, 6) is -5.20. The van der Waals surface area contributed by atoms with Gasteiger partial charge in [-0.15, -0.1) is 0 Å². The summed E-state index contributed by atoms with van der Waals surface area (Å²) in [6, 6.07) is -7.50. The number of nitrogens with two attached hydrogens (primary N) is 7. The Morgan fingerprint density at radius 2 is 1.00 bits per heavy atom. The fourth-order valence-electron chi connectivity index (χ4n) is 6.95. The van der Waals surface area contributed by atoms with Crippen LogP contribution in [-0.2, 0) is 33.6 Å². The van der Waals surface area contributed by atoms with Gasteiger partial charge in [-0.1, -0.05) is 13.8 Å². The molecule has 22 nitrogen and oxygen atoms in total. The Balaban J connectivity index is 3.36. The van der Waals surface area contributed by atoms with Gasteiger partial charge in [0.15, 0.2) is 5.96 Å². The molecule has 1 saturated heterocycles. The van der Waals surface area contributed by atoms with E-state index in [2.05, 4.69) is 31.6 Å². The number of nitrogens with zero attached hydrogens (tertiary/aromatic N) is 2. The summed E-state index contributed by atoms with van der Waals surface area (Å²) in [5, 5.41) is 23.3. The second-order valence-electron chi connectivity index (χ2n) is 16.2. The third-order valence-corrected chi connectivity index (χ3v) is 10.7. The van der Waals surface area contributed by atoms with E-state index in [0.717, 1.165) is 0 Å². The van der Waals surface area contributed by atoms with Gasteiger partial charge in [-0.3, -0.25) is 33.8 Å². The van der Waals surface area contributed by atoms with Crippen LogP contribution >= 0.6 is 0 Å². The molecular weight excluding hydrogens is 805 g/mol. The molecule has 0 spiro atoms. The van der Waals surface area contributed by atoms with Crippen LogP contribution in [0.25, 0.3) is 0 Å². The Labute approximate surface area is 366 Å². The van der Waals surface area contributed by atoms with Crippen molar-refractivity contribution in [3.8, 4) is 0 Å². The third-order valence-electron chi connectivity index (χ3n) is 10.7. The summed E-state index contributed by atoms with van der Waals surface area (Å²) in [6.45, 7) is 5.31. The van der Waals surface area contributed by atoms with Crippen molar-refractivity contribution in [1.29, 1.82) is 0 Å². The molecule has 0 unspecified atom stereocenters. The zero-order valence-electron chi connectivity index (χ0n) is 36.9. The van der Waals surface area contributed by atoms with Gasteiger partial charge in [0.05, 0.1) is 6.04 Å². The smallest absolute Gasteiger partial charge is 0.326 e. The van der Waals surface area contributed by atoms with Gasteiger partial charge in [-0.25, -0.2) is 4.79 Å². The number of hydrogen-bond donors (Lipinski definition) is 13. The standard InChI is InChI=1S/C40H78N14O8/c1-25(2)32(45)37(59)51-28(17-11-23-48-40(46)47)33(55)49-26(13-3-7-19-41)34(56)52-29(15-5-9-21-43)38(60)54-24-12-18-31(54)36(58)50-27(14-4-8-20-42)35(57)53-30(39(61)62)16-6-10-22-44/h25-32H,3-24,41-45H2,1-2H3,(H,49,55)(H,50,58)(H,51,59)(H,52,56)(H,53,57)(H,61,62)(H4,46,47,48)/t26-,27-,28-,29-,30-,31-,32-/m0/s1. The molecule has 7 atom stereocenters. The number of carbonyl (C=O) groups excluding carboxylic acids is 6. The monoisotopic (exact) mass is 883 g/mol. The molecule has 0 bridgehead atoms. The van der Waals surface area contributed by atoms with Crippen LogP contribution in [0.5, 0.6) is 0 Å². The van der Waals surface area contributed by atoms with Crippen molar-refractivity contribution in [2.75, 3.05) is 39.3 Å². The molecule has 6 amide bonds. The molecule has 62 heavy (non-hydrogen) atoms. The van der Waals surface area contributed by atoms with E-state index >= 15 is 0 Å². The van der Waals surface area contributed by atoms with Gasteiger partial charge < -0.3 is 76.7 Å². The predicted octanol–water partition coefficient (Wildman–Crippen LogP) is -2.96. The number of likely N-dealkylation sites (tertiary alicyclic amines) is 1. The molecule has 0 aromatic rings. The van der Waals surface area contributed by atoms with Gasteiger partial charge >= 0.3 is 5.97 Å². The SMILES string of the molecule is CC(C)[C@H](N)C(=O)N[C@@H](CCCN=C(N)N)C(=O)N[C@@H](CCCCN)C(=O)N[C@@H](CCCCN)C(=O)N1CCC[C@H]1C(=O)N[C@@H](CCCCN)C(=O)N[C@@H](CCCCN)C(=O)O. The molecular formula is C40H78N14O8. The molecule has 22 heteroatoms. The average Bonchev–Trinajstić information content (AvgIpc) is 3.73. The van der Waals surface area contributed by atoms with Crippen LogP contribution in [-0.4, -0.2) is 139 Å². The van der Waals surface area contributed by atoms with E-state index in [0.29, 0.717) is 90.4 Å². The zero-order valence-corrected chi connectivity index (χ0v) is 36.9. The van der Waals surface area contributed by atoms with E-state index < -0.39 is 83.7 Å². The topological polar surface area (TPSA) is 398 Å².